The fourth-order valence-electron chi connectivity index (χ4n) is 1.51. The van der Waals surface area contributed by atoms with Crippen molar-refractivity contribution in [2.75, 3.05) is 11.9 Å². The molecule has 88 valence electrons. The molecule has 0 saturated heterocycles. The number of amides is 1. The molecule has 0 saturated carbocycles. The van der Waals surface area contributed by atoms with Crippen molar-refractivity contribution in [3.63, 3.8) is 0 Å². The first kappa shape index (κ1) is 11.3. The predicted octanol–water partition coefficient (Wildman–Crippen LogP) is 1.16. The maximum absolute atomic E-state index is 11.4. The summed E-state index contributed by atoms with van der Waals surface area (Å²) >= 11 is 0. The molecule has 1 aromatic carbocycles. The third kappa shape index (κ3) is 2.92. The molecule has 1 heterocycles. The van der Waals surface area contributed by atoms with E-state index in [2.05, 4.69) is 10.3 Å². The van der Waals surface area contributed by atoms with Gasteiger partial charge in [0.1, 0.15) is 0 Å². The average molecular weight is 230 g/mol. The van der Waals surface area contributed by atoms with Crippen LogP contribution < -0.4 is 11.1 Å². The Labute approximate surface area is 99.3 Å². The number of nitrogens with zero attached hydrogens (tertiary/aromatic N) is 2. The lowest BCUT2D eigenvalue weighted by molar-refractivity contribution is -0.116. The molecule has 1 amide bonds. The van der Waals surface area contributed by atoms with Crippen molar-refractivity contribution in [1.29, 1.82) is 0 Å². The van der Waals surface area contributed by atoms with Crippen molar-refractivity contribution >= 4 is 11.6 Å². The maximum Gasteiger partial charge on any atom is 0.225 e. The predicted molar refractivity (Wildman–Crippen MR) is 65.9 cm³/mol. The zero-order chi connectivity index (χ0) is 12.1. The van der Waals surface area contributed by atoms with E-state index in [0.717, 1.165) is 11.4 Å². The smallest absolute Gasteiger partial charge is 0.225 e. The Kier molecular flexibility index (Phi) is 3.52. The normalized spacial score (nSPS) is 10.2. The molecule has 5 nitrogen and oxygen atoms in total. The highest BCUT2D eigenvalue weighted by Crippen LogP contribution is 2.14. The van der Waals surface area contributed by atoms with Crippen LogP contribution in [0.15, 0.2) is 43.0 Å². The second-order valence-electron chi connectivity index (χ2n) is 3.61. The van der Waals surface area contributed by atoms with Gasteiger partial charge in [-0.2, -0.15) is 0 Å². The first-order chi connectivity index (χ1) is 8.29. The Morgan fingerprint density at radius 2 is 2.35 bits per heavy atom. The number of benzene rings is 1. The van der Waals surface area contributed by atoms with Crippen LogP contribution in [0.4, 0.5) is 5.69 Å². The molecule has 0 spiro atoms. The number of nitrogens with one attached hydrogen (secondary N) is 1. The molecule has 17 heavy (non-hydrogen) atoms. The van der Waals surface area contributed by atoms with E-state index in [1.807, 2.05) is 35.0 Å². The molecule has 0 radical (unpaired) electrons. The van der Waals surface area contributed by atoms with Gasteiger partial charge >= 0.3 is 0 Å². The molecule has 0 aliphatic rings. The van der Waals surface area contributed by atoms with Gasteiger partial charge < -0.3 is 15.6 Å². The lowest BCUT2D eigenvalue weighted by Gasteiger charge is -2.07. The monoisotopic (exact) mass is 230 g/mol. The van der Waals surface area contributed by atoms with Gasteiger partial charge in [0.15, 0.2) is 0 Å². The minimum absolute atomic E-state index is 0.0738. The summed E-state index contributed by atoms with van der Waals surface area (Å²) in [5.74, 6) is -0.0738. The average Bonchev–Trinajstić information content (AvgIpc) is 2.83. The maximum atomic E-state index is 11.4. The highest BCUT2D eigenvalue weighted by Gasteiger charge is 2.02. The number of aromatic nitrogens is 2. The largest absolute Gasteiger partial charge is 0.330 e. The lowest BCUT2D eigenvalue weighted by Crippen LogP contribution is -2.16. The summed E-state index contributed by atoms with van der Waals surface area (Å²) in [5.41, 5.74) is 7.03. The second-order valence-corrected chi connectivity index (χ2v) is 3.61. The van der Waals surface area contributed by atoms with Crippen LogP contribution in [0.25, 0.3) is 5.69 Å². The van der Waals surface area contributed by atoms with Crippen LogP contribution in [0.5, 0.6) is 0 Å². The van der Waals surface area contributed by atoms with E-state index in [1.165, 1.54) is 0 Å². The van der Waals surface area contributed by atoms with Crippen LogP contribution in [-0.4, -0.2) is 22.0 Å². The number of carbonyl (C=O) groups is 1. The first-order valence-electron chi connectivity index (χ1n) is 5.38. The zero-order valence-corrected chi connectivity index (χ0v) is 9.34. The topological polar surface area (TPSA) is 72.9 Å². The van der Waals surface area contributed by atoms with E-state index < -0.39 is 0 Å². The molecule has 2 aromatic rings. The van der Waals surface area contributed by atoms with Crippen molar-refractivity contribution in [2.45, 2.75) is 6.42 Å². The summed E-state index contributed by atoms with van der Waals surface area (Å²) in [7, 11) is 0. The summed E-state index contributed by atoms with van der Waals surface area (Å²) in [6, 6.07) is 7.55. The van der Waals surface area contributed by atoms with E-state index in [4.69, 9.17) is 5.73 Å². The molecule has 0 bridgehead atoms. The summed E-state index contributed by atoms with van der Waals surface area (Å²) < 4.78 is 1.87. The van der Waals surface area contributed by atoms with Gasteiger partial charge in [-0.3, -0.25) is 4.79 Å². The standard InChI is InChI=1S/C12H14N4O/c13-5-4-12(17)15-10-2-1-3-11(8-10)16-7-6-14-9-16/h1-3,6-9H,4-5,13H2,(H,15,17). The van der Waals surface area contributed by atoms with E-state index in [9.17, 15) is 4.79 Å². The highest BCUT2D eigenvalue weighted by molar-refractivity contribution is 5.91. The number of hydrogen-bond acceptors (Lipinski definition) is 3. The van der Waals surface area contributed by atoms with Crippen LogP contribution in [0.1, 0.15) is 6.42 Å². The van der Waals surface area contributed by atoms with E-state index >= 15 is 0 Å². The second kappa shape index (κ2) is 5.27. The Bertz CT molecular complexity index is 493. The minimum atomic E-state index is -0.0738. The van der Waals surface area contributed by atoms with Crippen molar-refractivity contribution in [1.82, 2.24) is 9.55 Å². The molecule has 5 heteroatoms. The van der Waals surface area contributed by atoms with Crippen molar-refractivity contribution in [3.8, 4) is 5.69 Å². The van der Waals surface area contributed by atoms with Gasteiger partial charge in [0, 0.05) is 36.7 Å². The summed E-state index contributed by atoms with van der Waals surface area (Å²) in [6.45, 7) is 0.354. The van der Waals surface area contributed by atoms with Gasteiger partial charge in [0.25, 0.3) is 0 Å². The lowest BCUT2D eigenvalue weighted by atomic mass is 10.2. The third-order valence-corrected chi connectivity index (χ3v) is 2.30. The Balaban J connectivity index is 2.15. The zero-order valence-electron chi connectivity index (χ0n) is 9.34. The van der Waals surface area contributed by atoms with E-state index in [-0.39, 0.29) is 5.91 Å². The Morgan fingerprint density at radius 1 is 1.47 bits per heavy atom. The number of nitrogens with two attached hydrogens (primary N) is 1. The minimum Gasteiger partial charge on any atom is -0.330 e. The summed E-state index contributed by atoms with van der Waals surface area (Å²) in [4.78, 5) is 15.4. The van der Waals surface area contributed by atoms with Crippen LogP contribution in [0.3, 0.4) is 0 Å². The van der Waals surface area contributed by atoms with Gasteiger partial charge in [-0.1, -0.05) is 6.07 Å². The summed E-state index contributed by atoms with van der Waals surface area (Å²) in [6.07, 6.45) is 5.59. The molecule has 0 atom stereocenters. The molecule has 2 rings (SSSR count). The van der Waals surface area contributed by atoms with Crippen molar-refractivity contribution in [2.24, 2.45) is 5.73 Å². The fourth-order valence-corrected chi connectivity index (χ4v) is 1.51. The third-order valence-electron chi connectivity index (χ3n) is 2.30. The highest BCUT2D eigenvalue weighted by atomic mass is 16.1. The molecular formula is C12H14N4O. The summed E-state index contributed by atoms with van der Waals surface area (Å²) in [5, 5.41) is 2.79. The number of imidazole rings is 1. The van der Waals surface area contributed by atoms with Crippen LogP contribution in [0, 0.1) is 0 Å². The fraction of sp³-hybridized carbons (Fsp3) is 0.167. The number of carbonyl (C=O) groups excluding carboxylic acids is 1. The number of anilines is 1. The molecular weight excluding hydrogens is 216 g/mol. The Hall–Kier alpha value is -2.14. The molecule has 3 N–H and O–H groups in total. The van der Waals surface area contributed by atoms with Gasteiger partial charge in [0.05, 0.1) is 6.33 Å². The molecule has 0 aliphatic heterocycles. The molecule has 0 unspecified atom stereocenters. The Morgan fingerprint density at radius 3 is 3.06 bits per heavy atom. The van der Waals surface area contributed by atoms with Crippen molar-refractivity contribution in [3.05, 3.63) is 43.0 Å². The van der Waals surface area contributed by atoms with Gasteiger partial charge in [-0.25, -0.2) is 4.98 Å². The van der Waals surface area contributed by atoms with E-state index in [1.54, 1.807) is 12.5 Å². The van der Waals surface area contributed by atoms with Gasteiger partial charge in [0.2, 0.25) is 5.91 Å². The van der Waals surface area contributed by atoms with Crippen molar-refractivity contribution < 1.29 is 4.79 Å². The number of hydrogen-bond donors (Lipinski definition) is 2. The van der Waals surface area contributed by atoms with Crippen LogP contribution in [0.2, 0.25) is 0 Å². The quantitative estimate of drug-likeness (QED) is 0.827. The van der Waals surface area contributed by atoms with Crippen LogP contribution in [-0.2, 0) is 4.79 Å². The van der Waals surface area contributed by atoms with Crippen LogP contribution >= 0.6 is 0 Å². The first-order valence-corrected chi connectivity index (χ1v) is 5.38. The molecule has 1 aromatic heterocycles. The van der Waals surface area contributed by atoms with Gasteiger partial charge in [-0.15, -0.1) is 0 Å². The van der Waals surface area contributed by atoms with E-state index in [0.29, 0.717) is 13.0 Å². The molecule has 0 aliphatic carbocycles. The van der Waals surface area contributed by atoms with Gasteiger partial charge in [-0.05, 0) is 18.2 Å². The number of rotatable bonds is 4. The SMILES string of the molecule is NCCC(=O)Nc1cccc(-n2ccnc2)c1. The molecule has 0 fully saturated rings.